The highest BCUT2D eigenvalue weighted by molar-refractivity contribution is 7.13. The largest absolute Gasteiger partial charge is 0.480 e. The van der Waals surface area contributed by atoms with Crippen molar-refractivity contribution in [1.82, 2.24) is 10.3 Å². The van der Waals surface area contributed by atoms with Gasteiger partial charge in [0.25, 0.3) is 5.91 Å². The van der Waals surface area contributed by atoms with Crippen LogP contribution >= 0.6 is 11.3 Å². The summed E-state index contributed by atoms with van der Waals surface area (Å²) in [7, 11) is 0. The van der Waals surface area contributed by atoms with E-state index in [0.29, 0.717) is 10.6 Å². The second-order valence-corrected chi connectivity index (χ2v) is 5.97. The van der Waals surface area contributed by atoms with E-state index in [2.05, 4.69) is 10.3 Å². The lowest BCUT2D eigenvalue weighted by molar-refractivity contribution is -0.145. The van der Waals surface area contributed by atoms with Gasteiger partial charge in [0.15, 0.2) is 0 Å². The molecule has 100 valence electrons. The lowest BCUT2D eigenvalue weighted by Gasteiger charge is -2.29. The number of carboxylic acids is 1. The number of aliphatic carboxylic acids is 1. The summed E-state index contributed by atoms with van der Waals surface area (Å²) in [5.41, 5.74) is -0.645. The molecule has 0 saturated heterocycles. The first-order valence-corrected chi connectivity index (χ1v) is 6.50. The van der Waals surface area contributed by atoms with E-state index in [1.54, 1.807) is 20.8 Å². The average molecular weight is 270 g/mol. The number of carbonyl (C=O) groups is 2. The summed E-state index contributed by atoms with van der Waals surface area (Å²) in [4.78, 5) is 28.0. The molecule has 2 N–H and O–H groups in total. The van der Waals surface area contributed by atoms with Crippen LogP contribution in [-0.2, 0) is 4.79 Å². The second kappa shape index (κ2) is 5.06. The molecule has 1 aromatic rings. The summed E-state index contributed by atoms with van der Waals surface area (Å²) in [6.07, 6.45) is 0. The quantitative estimate of drug-likeness (QED) is 0.877. The van der Waals surface area contributed by atoms with Crippen molar-refractivity contribution in [3.63, 3.8) is 0 Å². The van der Waals surface area contributed by atoms with E-state index < -0.39 is 11.5 Å². The van der Waals surface area contributed by atoms with Crippen molar-refractivity contribution in [2.45, 2.75) is 40.2 Å². The van der Waals surface area contributed by atoms with Crippen LogP contribution in [0.4, 0.5) is 0 Å². The highest BCUT2D eigenvalue weighted by Gasteiger charge is 2.38. The second-order valence-electron chi connectivity index (χ2n) is 4.76. The van der Waals surface area contributed by atoms with Gasteiger partial charge in [-0.15, -0.1) is 11.3 Å². The molecule has 0 aliphatic rings. The summed E-state index contributed by atoms with van der Waals surface area (Å²) in [5.74, 6) is -1.63. The molecule has 0 saturated carbocycles. The molecule has 0 spiro atoms. The third-order valence-electron chi connectivity index (χ3n) is 3.08. The number of thiazole rings is 1. The van der Waals surface area contributed by atoms with Crippen molar-refractivity contribution in [2.24, 2.45) is 5.92 Å². The van der Waals surface area contributed by atoms with Gasteiger partial charge in [-0.2, -0.15) is 0 Å². The van der Waals surface area contributed by atoms with Crippen molar-refractivity contribution in [3.05, 3.63) is 15.6 Å². The minimum atomic E-state index is -1.28. The molecule has 0 aromatic carbocycles. The van der Waals surface area contributed by atoms with Crippen molar-refractivity contribution >= 4 is 23.2 Å². The zero-order valence-corrected chi connectivity index (χ0v) is 12.0. The number of carbonyl (C=O) groups excluding carboxylic acids is 1. The Morgan fingerprint density at radius 3 is 2.28 bits per heavy atom. The predicted octanol–water partition coefficient (Wildman–Crippen LogP) is 1.99. The van der Waals surface area contributed by atoms with Crippen LogP contribution in [0.1, 0.15) is 41.1 Å². The van der Waals surface area contributed by atoms with Crippen molar-refractivity contribution in [1.29, 1.82) is 0 Å². The van der Waals surface area contributed by atoms with E-state index in [-0.39, 0.29) is 11.8 Å². The van der Waals surface area contributed by atoms with Gasteiger partial charge in [-0.3, -0.25) is 4.79 Å². The average Bonchev–Trinajstić information content (AvgIpc) is 2.57. The molecule has 0 aliphatic heterocycles. The van der Waals surface area contributed by atoms with Crippen LogP contribution in [0.3, 0.4) is 0 Å². The normalized spacial score (nSPS) is 14.3. The fourth-order valence-electron chi connectivity index (χ4n) is 1.48. The number of nitrogens with one attached hydrogen (secondary N) is 1. The Morgan fingerprint density at radius 1 is 1.39 bits per heavy atom. The summed E-state index contributed by atoms with van der Waals surface area (Å²) in [6, 6.07) is 0. The third-order valence-corrected chi connectivity index (χ3v) is 4.15. The third kappa shape index (κ3) is 2.69. The van der Waals surface area contributed by atoms with Crippen molar-refractivity contribution in [3.8, 4) is 0 Å². The molecule has 1 amide bonds. The minimum Gasteiger partial charge on any atom is -0.480 e. The number of rotatable bonds is 4. The molecule has 5 nitrogen and oxygen atoms in total. The summed E-state index contributed by atoms with van der Waals surface area (Å²) in [5, 5.41) is 12.6. The Kier molecular flexibility index (Phi) is 4.11. The predicted molar refractivity (Wildman–Crippen MR) is 69.9 cm³/mol. The van der Waals surface area contributed by atoms with Gasteiger partial charge in [0.05, 0.1) is 10.7 Å². The van der Waals surface area contributed by atoms with Crippen molar-refractivity contribution in [2.75, 3.05) is 0 Å². The first-order valence-electron chi connectivity index (χ1n) is 5.68. The highest BCUT2D eigenvalue weighted by atomic mass is 32.1. The van der Waals surface area contributed by atoms with Gasteiger partial charge in [-0.1, -0.05) is 13.8 Å². The summed E-state index contributed by atoms with van der Waals surface area (Å²) >= 11 is 1.27. The number of hydrogen-bond acceptors (Lipinski definition) is 4. The molecule has 1 unspecified atom stereocenters. The molecular weight excluding hydrogens is 252 g/mol. The standard InChI is InChI=1S/C12H18N2O3S/c1-6(2)12(5,11(16)17)14-10(15)9-7(3)13-8(4)18-9/h6H,1-5H3,(H,14,15)(H,16,17). The van der Waals surface area contributed by atoms with Crippen LogP contribution in [0.2, 0.25) is 0 Å². The van der Waals surface area contributed by atoms with Gasteiger partial charge in [-0.05, 0) is 26.7 Å². The maximum atomic E-state index is 12.1. The maximum absolute atomic E-state index is 12.1. The minimum absolute atomic E-state index is 0.215. The Morgan fingerprint density at radius 2 is 1.94 bits per heavy atom. The smallest absolute Gasteiger partial charge is 0.329 e. The molecule has 0 fully saturated rings. The molecule has 18 heavy (non-hydrogen) atoms. The zero-order chi connectivity index (χ0) is 14.1. The van der Waals surface area contributed by atoms with E-state index in [4.69, 9.17) is 0 Å². The maximum Gasteiger partial charge on any atom is 0.329 e. The number of aromatic nitrogens is 1. The van der Waals surface area contributed by atoms with Crippen LogP contribution in [0, 0.1) is 19.8 Å². The van der Waals surface area contributed by atoms with E-state index in [9.17, 15) is 14.7 Å². The van der Waals surface area contributed by atoms with Crippen LogP contribution < -0.4 is 5.32 Å². The van der Waals surface area contributed by atoms with Crippen LogP contribution in [0.5, 0.6) is 0 Å². The van der Waals surface area contributed by atoms with E-state index >= 15 is 0 Å². The zero-order valence-electron chi connectivity index (χ0n) is 11.2. The van der Waals surface area contributed by atoms with E-state index in [0.717, 1.165) is 5.01 Å². The van der Waals surface area contributed by atoms with Crippen molar-refractivity contribution < 1.29 is 14.7 Å². The monoisotopic (exact) mass is 270 g/mol. The Bertz CT molecular complexity index is 482. The van der Waals surface area contributed by atoms with Gasteiger partial charge < -0.3 is 10.4 Å². The van der Waals surface area contributed by atoms with Gasteiger partial charge in [0, 0.05) is 0 Å². The van der Waals surface area contributed by atoms with Gasteiger partial charge >= 0.3 is 5.97 Å². The number of nitrogens with zero attached hydrogens (tertiary/aromatic N) is 1. The molecule has 1 atom stereocenters. The fraction of sp³-hybridized carbons (Fsp3) is 0.583. The molecule has 1 aromatic heterocycles. The molecule has 1 heterocycles. The Hall–Kier alpha value is -1.43. The molecule has 6 heteroatoms. The lowest BCUT2D eigenvalue weighted by atomic mass is 9.88. The molecule has 0 radical (unpaired) electrons. The van der Waals surface area contributed by atoms with E-state index in [1.807, 2.05) is 6.92 Å². The van der Waals surface area contributed by atoms with Gasteiger partial charge in [0.2, 0.25) is 0 Å². The Labute approximate surface area is 110 Å². The van der Waals surface area contributed by atoms with Crippen LogP contribution in [0.15, 0.2) is 0 Å². The SMILES string of the molecule is Cc1nc(C)c(C(=O)NC(C)(C(=O)O)C(C)C)s1. The van der Waals surface area contributed by atoms with Gasteiger partial charge in [0.1, 0.15) is 10.4 Å². The highest BCUT2D eigenvalue weighted by Crippen LogP contribution is 2.21. The van der Waals surface area contributed by atoms with E-state index in [1.165, 1.54) is 18.3 Å². The topological polar surface area (TPSA) is 79.3 Å². The lowest BCUT2D eigenvalue weighted by Crippen LogP contribution is -2.55. The number of aryl methyl sites for hydroxylation is 2. The molecule has 0 bridgehead atoms. The number of amides is 1. The molecule has 0 aliphatic carbocycles. The summed E-state index contributed by atoms with van der Waals surface area (Å²) < 4.78 is 0. The van der Waals surface area contributed by atoms with Crippen LogP contribution in [-0.4, -0.2) is 27.5 Å². The Balaban J connectivity index is 3.00. The molecular formula is C12H18N2O3S. The number of carboxylic acid groups (broad SMARTS) is 1. The van der Waals surface area contributed by atoms with Crippen LogP contribution in [0.25, 0.3) is 0 Å². The van der Waals surface area contributed by atoms with Gasteiger partial charge in [-0.25, -0.2) is 9.78 Å². The summed E-state index contributed by atoms with van der Waals surface area (Å²) in [6.45, 7) is 8.60. The number of hydrogen-bond donors (Lipinski definition) is 2. The first-order chi connectivity index (χ1) is 8.18. The first kappa shape index (κ1) is 14.6. The fourth-order valence-corrected chi connectivity index (χ4v) is 2.29. The molecule has 1 rings (SSSR count).